The molecule has 21 heavy (non-hydrogen) atoms. The van der Waals surface area contributed by atoms with Crippen LogP contribution >= 0.6 is 11.3 Å². The largest absolute Gasteiger partial charge is 0.377 e. The van der Waals surface area contributed by atoms with Crippen LogP contribution in [0.15, 0.2) is 11.7 Å². The Kier molecular flexibility index (Phi) is 5.81. The molecule has 0 radical (unpaired) electrons. The van der Waals surface area contributed by atoms with E-state index in [0.29, 0.717) is 11.5 Å². The highest BCUT2D eigenvalue weighted by Crippen LogP contribution is 2.44. The number of ether oxygens (including phenoxy) is 1. The molecule has 1 aliphatic carbocycles. The SMILES string of the molecule is CCCNC(Cc1cncs1)C1(OC)CCC(C)(C)CC1. The predicted molar refractivity (Wildman–Crippen MR) is 89.9 cm³/mol. The van der Waals surface area contributed by atoms with Gasteiger partial charge in [-0.2, -0.15) is 0 Å². The Morgan fingerprint density at radius 1 is 1.33 bits per heavy atom. The van der Waals surface area contributed by atoms with Crippen LogP contribution in [0.2, 0.25) is 0 Å². The lowest BCUT2D eigenvalue weighted by Gasteiger charge is -2.47. The third-order valence-corrected chi connectivity index (χ3v) is 5.82. The Morgan fingerprint density at radius 3 is 2.57 bits per heavy atom. The van der Waals surface area contributed by atoms with Gasteiger partial charge in [-0.25, -0.2) is 0 Å². The zero-order valence-corrected chi connectivity index (χ0v) is 14.8. The van der Waals surface area contributed by atoms with Crippen LogP contribution in [0.25, 0.3) is 0 Å². The van der Waals surface area contributed by atoms with Crippen molar-refractivity contribution in [2.45, 2.75) is 70.9 Å². The van der Waals surface area contributed by atoms with Crippen molar-refractivity contribution in [2.75, 3.05) is 13.7 Å². The Balaban J connectivity index is 2.12. The van der Waals surface area contributed by atoms with Crippen molar-refractivity contribution in [2.24, 2.45) is 5.41 Å². The minimum Gasteiger partial charge on any atom is -0.377 e. The molecule has 0 bridgehead atoms. The summed E-state index contributed by atoms with van der Waals surface area (Å²) in [5, 5.41) is 3.75. The highest BCUT2D eigenvalue weighted by atomic mass is 32.1. The van der Waals surface area contributed by atoms with E-state index in [1.54, 1.807) is 11.3 Å². The van der Waals surface area contributed by atoms with Gasteiger partial charge in [-0.1, -0.05) is 20.8 Å². The standard InChI is InChI=1S/C17H30N2OS/c1-5-10-19-15(11-14-12-18-13-21-14)17(20-4)8-6-16(2,3)7-9-17/h12-13,15,19H,5-11H2,1-4H3. The highest BCUT2D eigenvalue weighted by molar-refractivity contribution is 7.09. The van der Waals surface area contributed by atoms with E-state index in [1.807, 2.05) is 18.8 Å². The van der Waals surface area contributed by atoms with E-state index in [0.717, 1.165) is 32.2 Å². The van der Waals surface area contributed by atoms with Crippen molar-refractivity contribution in [3.63, 3.8) is 0 Å². The van der Waals surface area contributed by atoms with Crippen LogP contribution in [-0.4, -0.2) is 30.3 Å². The molecule has 1 heterocycles. The molecule has 1 aliphatic rings. The molecule has 1 aromatic heterocycles. The molecule has 1 unspecified atom stereocenters. The number of hydrogen-bond donors (Lipinski definition) is 1. The van der Waals surface area contributed by atoms with E-state index in [9.17, 15) is 0 Å². The molecule has 4 heteroatoms. The van der Waals surface area contributed by atoms with Crippen LogP contribution in [0, 0.1) is 5.41 Å². The molecule has 0 spiro atoms. The Bertz CT molecular complexity index is 406. The number of methoxy groups -OCH3 is 1. The van der Waals surface area contributed by atoms with Crippen LogP contribution in [0.5, 0.6) is 0 Å². The molecular formula is C17H30N2OS. The van der Waals surface area contributed by atoms with Crippen LogP contribution in [0.3, 0.4) is 0 Å². The zero-order chi connectivity index (χ0) is 15.3. The summed E-state index contributed by atoms with van der Waals surface area (Å²) < 4.78 is 6.10. The molecule has 0 amide bonds. The molecule has 0 saturated heterocycles. The zero-order valence-electron chi connectivity index (χ0n) is 13.9. The van der Waals surface area contributed by atoms with Gasteiger partial charge < -0.3 is 10.1 Å². The maximum Gasteiger partial charge on any atom is 0.0834 e. The summed E-state index contributed by atoms with van der Waals surface area (Å²) in [4.78, 5) is 5.57. The summed E-state index contributed by atoms with van der Waals surface area (Å²) in [6, 6.07) is 0.388. The molecular weight excluding hydrogens is 280 g/mol. The summed E-state index contributed by atoms with van der Waals surface area (Å²) in [5.74, 6) is 0. The first kappa shape index (κ1) is 16.9. The van der Waals surface area contributed by atoms with Gasteiger partial charge >= 0.3 is 0 Å². The van der Waals surface area contributed by atoms with Gasteiger partial charge in [-0.15, -0.1) is 11.3 Å². The number of hydrogen-bond acceptors (Lipinski definition) is 4. The Hall–Kier alpha value is -0.450. The van der Waals surface area contributed by atoms with Crippen molar-refractivity contribution in [1.82, 2.24) is 10.3 Å². The molecule has 0 aromatic carbocycles. The third-order valence-electron chi connectivity index (χ3n) is 5.02. The van der Waals surface area contributed by atoms with Gasteiger partial charge in [0.25, 0.3) is 0 Å². The van der Waals surface area contributed by atoms with Crippen LogP contribution in [-0.2, 0) is 11.2 Å². The lowest BCUT2D eigenvalue weighted by Crippen LogP contribution is -2.55. The van der Waals surface area contributed by atoms with Gasteiger partial charge in [0.1, 0.15) is 0 Å². The number of nitrogens with zero attached hydrogens (tertiary/aromatic N) is 1. The van der Waals surface area contributed by atoms with E-state index in [2.05, 4.69) is 31.1 Å². The Morgan fingerprint density at radius 2 is 2.05 bits per heavy atom. The molecule has 1 atom stereocenters. The third kappa shape index (κ3) is 4.27. The maximum absolute atomic E-state index is 6.10. The number of nitrogens with one attached hydrogen (secondary N) is 1. The molecule has 1 N–H and O–H groups in total. The van der Waals surface area contributed by atoms with E-state index in [-0.39, 0.29) is 5.60 Å². The minimum absolute atomic E-state index is 0.0192. The second kappa shape index (κ2) is 7.21. The van der Waals surface area contributed by atoms with E-state index in [1.165, 1.54) is 17.7 Å². The monoisotopic (exact) mass is 310 g/mol. The lowest BCUT2D eigenvalue weighted by atomic mass is 9.68. The molecule has 1 saturated carbocycles. The van der Waals surface area contributed by atoms with Crippen LogP contribution < -0.4 is 5.32 Å². The summed E-state index contributed by atoms with van der Waals surface area (Å²) >= 11 is 1.75. The smallest absolute Gasteiger partial charge is 0.0834 e. The molecule has 0 aliphatic heterocycles. The normalized spacial score (nSPS) is 22.1. The van der Waals surface area contributed by atoms with E-state index < -0.39 is 0 Å². The van der Waals surface area contributed by atoms with Crippen molar-refractivity contribution in [1.29, 1.82) is 0 Å². The van der Waals surface area contributed by atoms with Gasteiger partial charge in [0.15, 0.2) is 0 Å². The van der Waals surface area contributed by atoms with Crippen molar-refractivity contribution in [3.05, 3.63) is 16.6 Å². The molecule has 2 rings (SSSR count). The first-order valence-corrected chi connectivity index (χ1v) is 9.05. The molecule has 1 aromatic rings. The molecule has 3 nitrogen and oxygen atoms in total. The minimum atomic E-state index is -0.0192. The van der Waals surface area contributed by atoms with Gasteiger partial charge in [0.2, 0.25) is 0 Å². The first-order valence-electron chi connectivity index (χ1n) is 8.17. The number of aromatic nitrogens is 1. The fourth-order valence-electron chi connectivity index (χ4n) is 3.35. The van der Waals surface area contributed by atoms with Crippen molar-refractivity contribution in [3.8, 4) is 0 Å². The van der Waals surface area contributed by atoms with Crippen LogP contribution in [0.1, 0.15) is 57.8 Å². The van der Waals surface area contributed by atoms with Gasteiger partial charge in [0.05, 0.1) is 11.1 Å². The first-order chi connectivity index (χ1) is 10.0. The topological polar surface area (TPSA) is 34.2 Å². The molecule has 120 valence electrons. The van der Waals surface area contributed by atoms with Gasteiger partial charge in [-0.05, 0) is 44.1 Å². The van der Waals surface area contributed by atoms with E-state index in [4.69, 9.17) is 4.74 Å². The summed E-state index contributed by atoms with van der Waals surface area (Å²) in [6.07, 6.45) is 8.97. The fraction of sp³-hybridized carbons (Fsp3) is 0.824. The summed E-state index contributed by atoms with van der Waals surface area (Å²) in [6.45, 7) is 8.03. The second-order valence-corrected chi connectivity index (χ2v) is 8.08. The average molecular weight is 311 g/mol. The van der Waals surface area contributed by atoms with Crippen molar-refractivity contribution < 1.29 is 4.74 Å². The highest BCUT2D eigenvalue weighted by Gasteiger charge is 2.44. The number of thiazole rings is 1. The number of rotatable bonds is 7. The average Bonchev–Trinajstić information content (AvgIpc) is 2.97. The maximum atomic E-state index is 6.10. The van der Waals surface area contributed by atoms with Gasteiger partial charge in [0, 0.05) is 30.6 Å². The van der Waals surface area contributed by atoms with E-state index >= 15 is 0 Å². The summed E-state index contributed by atoms with van der Waals surface area (Å²) in [7, 11) is 1.89. The quantitative estimate of drug-likeness (QED) is 0.825. The van der Waals surface area contributed by atoms with Gasteiger partial charge in [-0.3, -0.25) is 4.98 Å². The summed E-state index contributed by atoms with van der Waals surface area (Å²) in [5.41, 5.74) is 2.37. The van der Waals surface area contributed by atoms with Crippen molar-refractivity contribution >= 4 is 11.3 Å². The Labute approximate surface area is 133 Å². The predicted octanol–water partition coefficient (Wildman–Crippen LogP) is 4.04. The fourth-order valence-corrected chi connectivity index (χ4v) is 3.99. The second-order valence-electron chi connectivity index (χ2n) is 7.11. The molecule has 1 fully saturated rings. The van der Waals surface area contributed by atoms with Crippen LogP contribution in [0.4, 0.5) is 0 Å². The lowest BCUT2D eigenvalue weighted by molar-refractivity contribution is -0.0859.